The van der Waals surface area contributed by atoms with E-state index in [1.54, 1.807) is 4.90 Å². The van der Waals surface area contributed by atoms with E-state index in [4.69, 9.17) is 0 Å². The van der Waals surface area contributed by atoms with Gasteiger partial charge in [0.15, 0.2) is 6.67 Å². The Morgan fingerprint density at radius 1 is 0.750 bits per heavy atom. The fraction of sp³-hybridized carbons (Fsp3) is 0.520. The highest BCUT2D eigenvalue weighted by molar-refractivity contribution is 6.00. The van der Waals surface area contributed by atoms with Crippen LogP contribution >= 0.6 is 0 Å². The van der Waals surface area contributed by atoms with Crippen molar-refractivity contribution in [2.45, 2.75) is 76.7 Å². The van der Waals surface area contributed by atoms with Gasteiger partial charge in [0, 0.05) is 11.7 Å². The number of rotatable bonds is 2. The monoisotopic (exact) mass is 376 g/mol. The van der Waals surface area contributed by atoms with Crippen LogP contribution in [0.3, 0.4) is 0 Å². The van der Waals surface area contributed by atoms with E-state index in [9.17, 15) is 4.79 Å². The van der Waals surface area contributed by atoms with Gasteiger partial charge in [-0.3, -0.25) is 14.6 Å². The summed E-state index contributed by atoms with van der Waals surface area (Å²) in [5.74, 6) is 0.140. The van der Waals surface area contributed by atoms with Crippen molar-refractivity contribution < 1.29 is 4.79 Å². The summed E-state index contributed by atoms with van der Waals surface area (Å²) in [7, 11) is 0. The molecular formula is C25H32N2O. The molecule has 3 nitrogen and oxygen atoms in total. The second kappa shape index (κ2) is 9.56. The van der Waals surface area contributed by atoms with E-state index < -0.39 is 0 Å². The minimum Gasteiger partial charge on any atom is -0.284 e. The highest BCUT2D eigenvalue weighted by atomic mass is 16.2. The molecule has 0 spiro atoms. The average molecular weight is 377 g/mol. The molecule has 0 N–H and O–H groups in total. The Balaban J connectivity index is 1.44. The molecular weight excluding hydrogens is 344 g/mol. The third-order valence-corrected chi connectivity index (χ3v) is 6.29. The van der Waals surface area contributed by atoms with E-state index in [-0.39, 0.29) is 5.91 Å². The third-order valence-electron chi connectivity index (χ3n) is 6.29. The van der Waals surface area contributed by atoms with E-state index in [1.807, 2.05) is 18.2 Å². The van der Waals surface area contributed by atoms with Gasteiger partial charge >= 0.3 is 0 Å². The summed E-state index contributed by atoms with van der Waals surface area (Å²) < 4.78 is 0. The summed E-state index contributed by atoms with van der Waals surface area (Å²) in [5.41, 5.74) is 0.930. The Kier molecular flexibility index (Phi) is 6.64. The fourth-order valence-corrected chi connectivity index (χ4v) is 4.62. The van der Waals surface area contributed by atoms with Gasteiger partial charge in [0.1, 0.15) is 0 Å². The lowest BCUT2D eigenvalue weighted by Crippen LogP contribution is -2.32. The van der Waals surface area contributed by atoms with Crippen LogP contribution in [0.5, 0.6) is 0 Å². The summed E-state index contributed by atoms with van der Waals surface area (Å²) >= 11 is 0. The van der Waals surface area contributed by atoms with Crippen molar-refractivity contribution in [3.8, 4) is 0 Å². The Morgan fingerprint density at radius 2 is 1.36 bits per heavy atom. The van der Waals surface area contributed by atoms with Crippen LogP contribution in [0.1, 0.15) is 70.6 Å². The molecule has 2 aromatic carbocycles. The second-order valence-corrected chi connectivity index (χ2v) is 8.40. The lowest BCUT2D eigenvalue weighted by atomic mass is 9.97. The zero-order valence-electron chi connectivity index (χ0n) is 16.9. The van der Waals surface area contributed by atoms with E-state index in [1.165, 1.54) is 81.4 Å². The first-order chi connectivity index (χ1) is 13.8. The quantitative estimate of drug-likeness (QED) is 0.627. The average Bonchev–Trinajstić information content (AvgIpc) is 3.09. The number of anilines is 1. The molecule has 2 aromatic rings. The highest BCUT2D eigenvalue weighted by Crippen LogP contribution is 2.30. The molecule has 1 aliphatic heterocycles. The van der Waals surface area contributed by atoms with Crippen LogP contribution in [-0.4, -0.2) is 23.4 Å². The number of hydrogen-bond acceptors (Lipinski definition) is 2. The minimum atomic E-state index is 0.140. The number of hydrogen-bond donors (Lipinski definition) is 0. The molecule has 28 heavy (non-hydrogen) atoms. The zero-order valence-corrected chi connectivity index (χ0v) is 16.9. The SMILES string of the molecule is O=C1CN(C2CCCCCCCCCCC2)[C]N1c1ccc2ccccc2c1. The number of carbonyl (C=O) groups excluding carboxylic acids is 1. The summed E-state index contributed by atoms with van der Waals surface area (Å²) in [6.45, 7) is 3.89. The molecule has 1 amide bonds. The first-order valence-corrected chi connectivity index (χ1v) is 11.2. The molecule has 1 saturated heterocycles. The van der Waals surface area contributed by atoms with Crippen LogP contribution in [0.4, 0.5) is 5.69 Å². The standard InChI is InChI=1S/C25H32N2O/c28-25-19-26(23-14-8-6-4-2-1-3-5-7-9-15-23)20-27(25)24-17-16-21-12-10-11-13-22(21)18-24/h10-13,16-18,23H,1-9,14-15,19H2. The molecule has 0 unspecified atom stereocenters. The molecule has 2 fully saturated rings. The Hall–Kier alpha value is -1.87. The first-order valence-electron chi connectivity index (χ1n) is 11.2. The number of amides is 1. The Morgan fingerprint density at radius 3 is 2.04 bits per heavy atom. The molecule has 3 heteroatoms. The Labute approximate surface area is 169 Å². The smallest absolute Gasteiger partial charge is 0.243 e. The summed E-state index contributed by atoms with van der Waals surface area (Å²) in [4.78, 5) is 16.7. The van der Waals surface area contributed by atoms with Crippen LogP contribution in [0.2, 0.25) is 0 Å². The van der Waals surface area contributed by atoms with Crippen molar-refractivity contribution >= 4 is 22.4 Å². The number of nitrogens with zero attached hydrogens (tertiary/aromatic N) is 2. The van der Waals surface area contributed by atoms with E-state index in [2.05, 4.69) is 35.8 Å². The number of fused-ring (bicyclic) bond motifs is 1. The van der Waals surface area contributed by atoms with Crippen molar-refractivity contribution in [1.82, 2.24) is 4.90 Å². The van der Waals surface area contributed by atoms with Gasteiger partial charge < -0.3 is 0 Å². The molecule has 0 aromatic heterocycles. The molecule has 2 aliphatic rings. The first kappa shape index (κ1) is 19.4. The molecule has 4 rings (SSSR count). The van der Waals surface area contributed by atoms with Crippen LogP contribution in [-0.2, 0) is 4.79 Å². The molecule has 2 radical (unpaired) electrons. The van der Waals surface area contributed by atoms with Gasteiger partial charge in [-0.05, 0) is 35.7 Å². The maximum absolute atomic E-state index is 12.8. The molecule has 0 atom stereocenters. The lowest BCUT2D eigenvalue weighted by molar-refractivity contribution is -0.116. The van der Waals surface area contributed by atoms with Gasteiger partial charge in [0.05, 0.1) is 6.54 Å². The van der Waals surface area contributed by atoms with Crippen molar-refractivity contribution in [3.63, 3.8) is 0 Å². The van der Waals surface area contributed by atoms with Gasteiger partial charge in [-0.2, -0.15) is 0 Å². The van der Waals surface area contributed by atoms with Gasteiger partial charge in [0.25, 0.3) is 0 Å². The van der Waals surface area contributed by atoms with Gasteiger partial charge in [-0.15, -0.1) is 0 Å². The largest absolute Gasteiger partial charge is 0.284 e. The second-order valence-electron chi connectivity index (χ2n) is 8.40. The maximum atomic E-state index is 12.8. The van der Waals surface area contributed by atoms with E-state index in [0.717, 1.165) is 5.69 Å². The Bertz CT molecular complexity index is 775. The molecule has 0 bridgehead atoms. The predicted octanol–water partition coefficient (Wildman–Crippen LogP) is 6.16. The fourth-order valence-electron chi connectivity index (χ4n) is 4.62. The third kappa shape index (κ3) is 4.75. The van der Waals surface area contributed by atoms with Crippen LogP contribution in [0.25, 0.3) is 10.8 Å². The topological polar surface area (TPSA) is 23.6 Å². The van der Waals surface area contributed by atoms with E-state index in [0.29, 0.717) is 12.6 Å². The molecule has 1 heterocycles. The molecule has 1 aliphatic carbocycles. The van der Waals surface area contributed by atoms with Crippen molar-refractivity contribution in [3.05, 3.63) is 49.1 Å². The number of benzene rings is 2. The van der Waals surface area contributed by atoms with Crippen molar-refractivity contribution in [2.24, 2.45) is 0 Å². The zero-order chi connectivity index (χ0) is 19.2. The normalized spacial score (nSPS) is 21.6. The van der Waals surface area contributed by atoms with Crippen LogP contribution in [0.15, 0.2) is 42.5 Å². The lowest BCUT2D eigenvalue weighted by Gasteiger charge is -2.26. The van der Waals surface area contributed by atoms with Gasteiger partial charge in [-0.25, -0.2) is 0 Å². The minimum absolute atomic E-state index is 0.140. The predicted molar refractivity (Wildman–Crippen MR) is 116 cm³/mol. The summed E-state index contributed by atoms with van der Waals surface area (Å²) in [6, 6.07) is 15.0. The molecule has 148 valence electrons. The maximum Gasteiger partial charge on any atom is 0.243 e. The summed E-state index contributed by atoms with van der Waals surface area (Å²) in [5, 5.41) is 2.37. The highest BCUT2D eigenvalue weighted by Gasteiger charge is 2.34. The van der Waals surface area contributed by atoms with E-state index >= 15 is 0 Å². The molecule has 1 saturated carbocycles. The van der Waals surface area contributed by atoms with Crippen LogP contribution in [0, 0.1) is 6.67 Å². The van der Waals surface area contributed by atoms with Crippen molar-refractivity contribution in [2.75, 3.05) is 11.4 Å². The van der Waals surface area contributed by atoms with Gasteiger partial charge in [0.2, 0.25) is 5.91 Å². The van der Waals surface area contributed by atoms with Crippen LogP contribution < -0.4 is 4.90 Å². The summed E-state index contributed by atoms with van der Waals surface area (Å²) in [6.07, 6.45) is 14.5. The van der Waals surface area contributed by atoms with Gasteiger partial charge in [-0.1, -0.05) is 88.1 Å². The van der Waals surface area contributed by atoms with Crippen molar-refractivity contribution in [1.29, 1.82) is 0 Å². The number of carbonyl (C=O) groups is 1.